The molecule has 0 fully saturated rings. The van der Waals surface area contributed by atoms with E-state index in [1.54, 1.807) is 18.7 Å². The molecule has 88 valence electrons. The molecule has 0 aromatic carbocycles. The van der Waals surface area contributed by atoms with E-state index in [1.165, 1.54) is 4.91 Å². The van der Waals surface area contributed by atoms with E-state index in [0.717, 1.165) is 5.03 Å². The Morgan fingerprint density at radius 2 is 2.19 bits per heavy atom. The maximum absolute atomic E-state index is 9.58. The third kappa shape index (κ3) is 8.50. The zero-order valence-electron chi connectivity index (χ0n) is 9.74. The quantitative estimate of drug-likeness (QED) is 0.599. The average Bonchev–Trinajstić information content (AvgIpc) is 2.31. The Labute approximate surface area is 106 Å². The summed E-state index contributed by atoms with van der Waals surface area (Å²) in [5.41, 5.74) is 0. The third-order valence-corrected chi connectivity index (χ3v) is 2.86. The van der Waals surface area contributed by atoms with Crippen LogP contribution in [-0.4, -0.2) is 10.2 Å². The zero-order chi connectivity index (χ0) is 12.4. The van der Waals surface area contributed by atoms with Gasteiger partial charge in [0.2, 0.25) is 5.24 Å². The Kier molecular flexibility index (Phi) is 8.96. The Balaban J connectivity index is 0.000000385. The van der Waals surface area contributed by atoms with Crippen molar-refractivity contribution in [3.63, 3.8) is 0 Å². The lowest BCUT2D eigenvalue weighted by Gasteiger charge is -1.97. The normalized spacial score (nSPS) is 10.4. The molecule has 0 saturated heterocycles. The number of carbonyl (C=O) groups is 1. The molecule has 0 aliphatic rings. The zero-order valence-corrected chi connectivity index (χ0v) is 11.3. The number of hydrogen-bond donors (Lipinski definition) is 0. The summed E-state index contributed by atoms with van der Waals surface area (Å²) >= 11 is 6.52. The van der Waals surface area contributed by atoms with E-state index in [2.05, 4.69) is 18.0 Å². The molecule has 0 bridgehead atoms. The van der Waals surface area contributed by atoms with E-state index < -0.39 is 0 Å². The number of aromatic nitrogens is 1. The largest absolute Gasteiger partial charge is 0.281 e. The van der Waals surface area contributed by atoms with Crippen molar-refractivity contribution in [2.75, 3.05) is 0 Å². The highest BCUT2D eigenvalue weighted by molar-refractivity contribution is 8.03. The van der Waals surface area contributed by atoms with Crippen LogP contribution in [0.1, 0.15) is 27.2 Å². The van der Waals surface area contributed by atoms with Crippen LogP contribution >= 0.6 is 23.4 Å². The van der Waals surface area contributed by atoms with Crippen molar-refractivity contribution in [1.29, 1.82) is 0 Å². The summed E-state index contributed by atoms with van der Waals surface area (Å²) in [7, 11) is 0. The van der Waals surface area contributed by atoms with Gasteiger partial charge in [-0.2, -0.15) is 0 Å². The summed E-state index contributed by atoms with van der Waals surface area (Å²) in [6, 6.07) is 5.94. The van der Waals surface area contributed by atoms with Gasteiger partial charge in [0.05, 0.1) is 0 Å². The highest BCUT2D eigenvalue weighted by atomic mass is 35.5. The van der Waals surface area contributed by atoms with Crippen LogP contribution in [-0.2, 0) is 4.79 Å². The standard InChI is InChI=1S/C9H11NS.C3H5ClO/c1-3-8(2)11-9-6-4-5-7-10-9;1-2-3(4)5/h3-7H,1-2H3;2H2,1H3. The van der Waals surface area contributed by atoms with Crippen LogP contribution in [0.2, 0.25) is 0 Å². The first kappa shape index (κ1) is 15.2. The smallest absolute Gasteiger partial charge is 0.221 e. The number of pyridine rings is 1. The first-order valence-electron chi connectivity index (χ1n) is 5.00. The Hall–Kier alpha value is -0.800. The summed E-state index contributed by atoms with van der Waals surface area (Å²) in [5, 5.41) is 0.785. The molecule has 0 spiro atoms. The van der Waals surface area contributed by atoms with Gasteiger partial charge in [-0.25, -0.2) is 4.98 Å². The van der Waals surface area contributed by atoms with Gasteiger partial charge in [0, 0.05) is 12.6 Å². The van der Waals surface area contributed by atoms with Crippen LogP contribution in [0.4, 0.5) is 0 Å². The fourth-order valence-electron chi connectivity index (χ4n) is 0.631. The van der Waals surface area contributed by atoms with E-state index in [1.807, 2.05) is 31.3 Å². The lowest BCUT2D eigenvalue weighted by atomic mass is 10.5. The van der Waals surface area contributed by atoms with Gasteiger partial charge in [-0.05, 0) is 42.5 Å². The van der Waals surface area contributed by atoms with Crippen molar-refractivity contribution in [2.24, 2.45) is 0 Å². The number of thioether (sulfide) groups is 1. The van der Waals surface area contributed by atoms with Crippen LogP contribution in [0.15, 0.2) is 40.4 Å². The van der Waals surface area contributed by atoms with E-state index in [9.17, 15) is 4.79 Å². The van der Waals surface area contributed by atoms with E-state index in [0.29, 0.717) is 6.42 Å². The Morgan fingerprint density at radius 1 is 1.56 bits per heavy atom. The van der Waals surface area contributed by atoms with Gasteiger partial charge in [0.15, 0.2) is 0 Å². The van der Waals surface area contributed by atoms with Crippen molar-refractivity contribution in [1.82, 2.24) is 4.98 Å². The van der Waals surface area contributed by atoms with Gasteiger partial charge in [0.1, 0.15) is 5.03 Å². The van der Waals surface area contributed by atoms with Crippen molar-refractivity contribution in [3.05, 3.63) is 35.4 Å². The average molecular weight is 258 g/mol. The molecule has 0 aliphatic carbocycles. The second-order valence-electron chi connectivity index (χ2n) is 2.88. The fourth-order valence-corrected chi connectivity index (χ4v) is 1.34. The van der Waals surface area contributed by atoms with Gasteiger partial charge >= 0.3 is 0 Å². The maximum Gasteiger partial charge on any atom is 0.221 e. The molecule has 0 amide bonds. The summed E-state index contributed by atoms with van der Waals surface area (Å²) in [4.78, 5) is 15.0. The molecule has 4 heteroatoms. The van der Waals surface area contributed by atoms with Gasteiger partial charge in [-0.15, -0.1) is 0 Å². The molecule has 0 atom stereocenters. The lowest BCUT2D eigenvalue weighted by molar-refractivity contribution is -0.111. The van der Waals surface area contributed by atoms with E-state index in [4.69, 9.17) is 11.6 Å². The fraction of sp³-hybridized carbons (Fsp3) is 0.333. The van der Waals surface area contributed by atoms with Gasteiger partial charge in [-0.3, -0.25) is 4.79 Å². The van der Waals surface area contributed by atoms with Crippen molar-refractivity contribution in [3.8, 4) is 0 Å². The molecule has 0 aliphatic heterocycles. The molecular weight excluding hydrogens is 242 g/mol. The predicted octanol–water partition coefficient (Wildman–Crippen LogP) is 4.26. The van der Waals surface area contributed by atoms with Gasteiger partial charge < -0.3 is 0 Å². The molecule has 1 heterocycles. The van der Waals surface area contributed by atoms with Gasteiger partial charge in [0.25, 0.3) is 0 Å². The first-order valence-corrected chi connectivity index (χ1v) is 6.19. The number of carbonyl (C=O) groups excluding carboxylic acids is 1. The van der Waals surface area contributed by atoms with E-state index in [-0.39, 0.29) is 5.24 Å². The highest BCUT2D eigenvalue weighted by Gasteiger charge is 1.92. The molecule has 1 aromatic rings. The molecule has 0 radical (unpaired) electrons. The van der Waals surface area contributed by atoms with Crippen LogP contribution in [0, 0.1) is 0 Å². The number of rotatable bonds is 3. The van der Waals surface area contributed by atoms with E-state index >= 15 is 0 Å². The minimum Gasteiger partial charge on any atom is -0.281 e. The topological polar surface area (TPSA) is 30.0 Å². The number of halogens is 1. The first-order chi connectivity index (χ1) is 7.60. The minimum absolute atomic E-state index is 0.273. The van der Waals surface area contributed by atoms with Crippen molar-refractivity contribution < 1.29 is 4.79 Å². The monoisotopic (exact) mass is 257 g/mol. The molecule has 0 N–H and O–H groups in total. The van der Waals surface area contributed by atoms with Crippen LogP contribution in [0.25, 0.3) is 0 Å². The van der Waals surface area contributed by atoms with Crippen LogP contribution in [0.3, 0.4) is 0 Å². The summed E-state index contributed by atoms with van der Waals surface area (Å²) in [5.74, 6) is 0. The Bertz CT molecular complexity index is 338. The number of hydrogen-bond acceptors (Lipinski definition) is 3. The third-order valence-electron chi connectivity index (χ3n) is 1.59. The molecule has 16 heavy (non-hydrogen) atoms. The van der Waals surface area contributed by atoms with Crippen molar-refractivity contribution >= 4 is 28.6 Å². The predicted molar refractivity (Wildman–Crippen MR) is 70.7 cm³/mol. The molecule has 2 nitrogen and oxygen atoms in total. The maximum atomic E-state index is 9.58. The molecule has 1 rings (SSSR count). The summed E-state index contributed by atoms with van der Waals surface area (Å²) < 4.78 is 0. The molecule has 0 unspecified atom stereocenters. The SMILES string of the molecule is CC=C(C)Sc1ccccn1.CCC(=O)Cl. The molecule has 0 saturated carbocycles. The highest BCUT2D eigenvalue weighted by Crippen LogP contribution is 2.22. The Morgan fingerprint density at radius 3 is 2.56 bits per heavy atom. The van der Waals surface area contributed by atoms with Gasteiger partial charge in [-0.1, -0.05) is 30.8 Å². The number of nitrogens with zero attached hydrogens (tertiary/aromatic N) is 1. The minimum atomic E-state index is -0.273. The molecular formula is C12H16ClNOS. The van der Waals surface area contributed by atoms with Crippen LogP contribution in [0.5, 0.6) is 0 Å². The molecule has 1 aromatic heterocycles. The van der Waals surface area contributed by atoms with Crippen molar-refractivity contribution in [2.45, 2.75) is 32.2 Å². The lowest BCUT2D eigenvalue weighted by Crippen LogP contribution is -1.75. The van der Waals surface area contributed by atoms with Crippen LogP contribution < -0.4 is 0 Å². The summed E-state index contributed by atoms with van der Waals surface area (Å²) in [6.07, 6.45) is 4.33. The number of allylic oxidation sites excluding steroid dienone is 2. The summed E-state index contributed by atoms with van der Waals surface area (Å²) in [6.45, 7) is 5.83. The second kappa shape index (κ2) is 9.43. The second-order valence-corrected chi connectivity index (χ2v) is 4.57.